The second-order valence-electron chi connectivity index (χ2n) is 4.49. The van der Waals surface area contributed by atoms with Crippen LogP contribution < -0.4 is 10.6 Å². The molecule has 0 bridgehead atoms. The molecule has 0 saturated heterocycles. The van der Waals surface area contributed by atoms with Crippen LogP contribution in [-0.4, -0.2) is 19.0 Å². The zero-order valence-corrected chi connectivity index (χ0v) is 12.4. The fourth-order valence-corrected chi connectivity index (χ4v) is 2.19. The summed E-state index contributed by atoms with van der Waals surface area (Å²) in [5.74, 6) is 0.489. The lowest BCUT2D eigenvalue weighted by atomic mass is 10.2. The number of hydrogen-bond acceptors (Lipinski definition) is 2. The van der Waals surface area contributed by atoms with E-state index < -0.39 is 0 Å². The number of hydrogen-bond donors (Lipinski definition) is 2. The van der Waals surface area contributed by atoms with E-state index in [0.717, 1.165) is 35.4 Å². The predicted octanol–water partition coefficient (Wildman–Crippen LogP) is 2.72. The van der Waals surface area contributed by atoms with E-state index in [0.29, 0.717) is 6.54 Å². The topological polar surface area (TPSA) is 41.1 Å². The van der Waals surface area contributed by atoms with E-state index in [9.17, 15) is 4.79 Å². The van der Waals surface area contributed by atoms with E-state index in [1.54, 1.807) is 0 Å². The number of halogens is 2. The van der Waals surface area contributed by atoms with Crippen molar-refractivity contribution in [3.63, 3.8) is 0 Å². The molecule has 98 valence electrons. The molecular formula is C13H16BrClN2O. The normalized spacial score (nSPS) is 14.6. The number of rotatable bonds is 6. The molecule has 3 nitrogen and oxygen atoms in total. The van der Waals surface area contributed by atoms with Crippen molar-refractivity contribution in [2.75, 3.05) is 13.1 Å². The molecule has 0 radical (unpaired) electrons. The van der Waals surface area contributed by atoms with Crippen LogP contribution in [0.2, 0.25) is 5.02 Å². The highest BCUT2D eigenvalue weighted by molar-refractivity contribution is 9.10. The second kappa shape index (κ2) is 6.55. The smallest absolute Gasteiger partial charge is 0.223 e. The summed E-state index contributed by atoms with van der Waals surface area (Å²) >= 11 is 9.31. The molecule has 0 aliphatic heterocycles. The molecule has 5 heteroatoms. The molecule has 0 heterocycles. The molecule has 1 aromatic rings. The Bertz CT molecular complexity index is 435. The summed E-state index contributed by atoms with van der Waals surface area (Å²) in [6.07, 6.45) is 2.11. The molecular weight excluding hydrogens is 316 g/mol. The minimum Gasteiger partial charge on any atom is -0.355 e. The van der Waals surface area contributed by atoms with Gasteiger partial charge >= 0.3 is 0 Å². The highest BCUT2D eigenvalue weighted by Gasteiger charge is 2.28. The van der Waals surface area contributed by atoms with Crippen LogP contribution in [0.5, 0.6) is 0 Å². The monoisotopic (exact) mass is 330 g/mol. The number of nitrogens with one attached hydrogen (secondary N) is 2. The average molecular weight is 332 g/mol. The first-order valence-electron chi connectivity index (χ1n) is 6.09. The Balaban J connectivity index is 1.62. The summed E-state index contributed by atoms with van der Waals surface area (Å²) < 4.78 is 0.908. The molecule has 1 fully saturated rings. The Morgan fingerprint density at radius 1 is 1.39 bits per heavy atom. The first kappa shape index (κ1) is 13.8. The summed E-state index contributed by atoms with van der Waals surface area (Å²) in [5.41, 5.74) is 1.17. The van der Waals surface area contributed by atoms with Gasteiger partial charge in [0.2, 0.25) is 5.91 Å². The van der Waals surface area contributed by atoms with E-state index in [1.807, 2.05) is 18.2 Å². The molecule has 1 aromatic carbocycles. The van der Waals surface area contributed by atoms with Crippen molar-refractivity contribution in [3.05, 3.63) is 33.3 Å². The van der Waals surface area contributed by atoms with Crippen LogP contribution in [0.25, 0.3) is 0 Å². The third-order valence-electron chi connectivity index (χ3n) is 2.86. The predicted molar refractivity (Wildman–Crippen MR) is 76.6 cm³/mol. The Hall–Kier alpha value is -0.580. The number of benzene rings is 1. The van der Waals surface area contributed by atoms with E-state index in [-0.39, 0.29) is 11.8 Å². The van der Waals surface area contributed by atoms with Crippen LogP contribution in [0.15, 0.2) is 22.7 Å². The van der Waals surface area contributed by atoms with Gasteiger partial charge in [0.05, 0.1) is 5.02 Å². The van der Waals surface area contributed by atoms with Gasteiger partial charge in [-0.1, -0.05) is 17.7 Å². The van der Waals surface area contributed by atoms with E-state index in [1.165, 1.54) is 5.56 Å². The number of carbonyl (C=O) groups excluding carboxylic acids is 1. The molecule has 1 aliphatic rings. The van der Waals surface area contributed by atoms with Gasteiger partial charge in [0, 0.05) is 30.0 Å². The van der Waals surface area contributed by atoms with Gasteiger partial charge in [0.15, 0.2) is 0 Å². The molecule has 1 aliphatic carbocycles. The molecule has 2 N–H and O–H groups in total. The van der Waals surface area contributed by atoms with Gasteiger partial charge in [-0.25, -0.2) is 0 Å². The van der Waals surface area contributed by atoms with Crippen molar-refractivity contribution >= 4 is 33.4 Å². The van der Waals surface area contributed by atoms with E-state index in [2.05, 4.69) is 26.6 Å². The van der Waals surface area contributed by atoms with Gasteiger partial charge in [-0.15, -0.1) is 0 Å². The molecule has 1 saturated carbocycles. The fourth-order valence-electron chi connectivity index (χ4n) is 1.65. The first-order valence-corrected chi connectivity index (χ1v) is 7.26. The molecule has 2 rings (SSSR count). The summed E-state index contributed by atoms with van der Waals surface area (Å²) in [6, 6.07) is 5.86. The highest BCUT2D eigenvalue weighted by atomic mass is 79.9. The zero-order chi connectivity index (χ0) is 13.0. The maximum Gasteiger partial charge on any atom is 0.223 e. The fraction of sp³-hybridized carbons (Fsp3) is 0.462. The highest BCUT2D eigenvalue weighted by Crippen LogP contribution is 2.28. The lowest BCUT2D eigenvalue weighted by Crippen LogP contribution is -2.32. The Kier molecular flexibility index (Phi) is 5.03. The average Bonchev–Trinajstić information content (AvgIpc) is 3.17. The standard InChI is InChI=1S/C13H16BrClN2O/c14-11-7-9(1-4-12(11)15)8-16-5-6-17-13(18)10-2-3-10/h1,4,7,10,16H,2-3,5-6,8H2,(H,17,18). The van der Waals surface area contributed by atoms with Crippen LogP contribution in [0.1, 0.15) is 18.4 Å². The van der Waals surface area contributed by atoms with Gasteiger partial charge < -0.3 is 10.6 Å². The molecule has 1 amide bonds. The van der Waals surface area contributed by atoms with Gasteiger partial charge in [-0.2, -0.15) is 0 Å². The molecule has 0 spiro atoms. The van der Waals surface area contributed by atoms with Crippen LogP contribution in [0, 0.1) is 5.92 Å². The minimum absolute atomic E-state index is 0.200. The van der Waals surface area contributed by atoms with Crippen LogP contribution in [-0.2, 0) is 11.3 Å². The van der Waals surface area contributed by atoms with Crippen LogP contribution >= 0.6 is 27.5 Å². The third kappa shape index (κ3) is 4.26. The third-order valence-corrected chi connectivity index (χ3v) is 4.08. The zero-order valence-electron chi connectivity index (χ0n) is 10.0. The van der Waals surface area contributed by atoms with Crippen molar-refractivity contribution in [1.82, 2.24) is 10.6 Å². The van der Waals surface area contributed by atoms with Crippen molar-refractivity contribution < 1.29 is 4.79 Å². The Morgan fingerprint density at radius 2 is 2.17 bits per heavy atom. The molecule has 0 aromatic heterocycles. The van der Waals surface area contributed by atoms with E-state index >= 15 is 0 Å². The molecule has 0 unspecified atom stereocenters. The SMILES string of the molecule is O=C(NCCNCc1ccc(Cl)c(Br)c1)C1CC1. The second-order valence-corrected chi connectivity index (χ2v) is 5.75. The van der Waals surface area contributed by atoms with Crippen molar-refractivity contribution in [3.8, 4) is 0 Å². The maximum atomic E-state index is 11.4. The summed E-state index contributed by atoms with van der Waals surface area (Å²) in [5, 5.41) is 6.92. The first-order chi connectivity index (χ1) is 8.66. The van der Waals surface area contributed by atoms with Crippen LogP contribution in [0.3, 0.4) is 0 Å². The van der Waals surface area contributed by atoms with Gasteiger partial charge in [-0.3, -0.25) is 4.79 Å². The van der Waals surface area contributed by atoms with Crippen LogP contribution in [0.4, 0.5) is 0 Å². The largest absolute Gasteiger partial charge is 0.355 e. The van der Waals surface area contributed by atoms with Gasteiger partial charge in [0.1, 0.15) is 0 Å². The Morgan fingerprint density at radius 3 is 2.83 bits per heavy atom. The van der Waals surface area contributed by atoms with E-state index in [4.69, 9.17) is 11.6 Å². The minimum atomic E-state index is 0.200. The lowest BCUT2D eigenvalue weighted by molar-refractivity contribution is -0.122. The Labute approximate surface area is 120 Å². The van der Waals surface area contributed by atoms with Crippen molar-refractivity contribution in [2.45, 2.75) is 19.4 Å². The number of amides is 1. The number of carbonyl (C=O) groups is 1. The summed E-state index contributed by atoms with van der Waals surface area (Å²) in [4.78, 5) is 11.4. The van der Waals surface area contributed by atoms with Gasteiger partial charge in [-0.05, 0) is 46.5 Å². The van der Waals surface area contributed by atoms with Crippen molar-refractivity contribution in [2.24, 2.45) is 5.92 Å². The van der Waals surface area contributed by atoms with Crippen molar-refractivity contribution in [1.29, 1.82) is 0 Å². The summed E-state index contributed by atoms with van der Waals surface area (Å²) in [7, 11) is 0. The van der Waals surface area contributed by atoms with Gasteiger partial charge in [0.25, 0.3) is 0 Å². The quantitative estimate of drug-likeness (QED) is 0.787. The summed E-state index contributed by atoms with van der Waals surface area (Å²) in [6.45, 7) is 2.23. The molecule has 18 heavy (non-hydrogen) atoms. The maximum absolute atomic E-state index is 11.4. The lowest BCUT2D eigenvalue weighted by Gasteiger charge is -2.07. The molecule has 0 atom stereocenters.